The molecule has 1 saturated heterocycles. The van der Waals surface area contributed by atoms with E-state index in [9.17, 15) is 9.18 Å². The zero-order valence-electron chi connectivity index (χ0n) is 15.3. The highest BCUT2D eigenvalue weighted by molar-refractivity contribution is 6.30. The Morgan fingerprint density at radius 2 is 1.96 bits per heavy atom. The Bertz CT molecular complexity index is 795. The number of piperazine rings is 1. The maximum atomic E-state index is 13.5. The summed E-state index contributed by atoms with van der Waals surface area (Å²) in [6.07, 6.45) is 0. The van der Waals surface area contributed by atoms with Gasteiger partial charge in [-0.15, -0.1) is 0 Å². The largest absolute Gasteiger partial charge is 0.496 e. The third kappa shape index (κ3) is 5.34. The number of carbonyl (C=O) groups excluding carboxylic acids is 1. The number of amides is 2. The van der Waals surface area contributed by atoms with Crippen LogP contribution in [0.15, 0.2) is 42.5 Å². The first kappa shape index (κ1) is 19.5. The van der Waals surface area contributed by atoms with Crippen molar-refractivity contribution in [1.29, 1.82) is 0 Å². The van der Waals surface area contributed by atoms with E-state index in [2.05, 4.69) is 10.2 Å². The number of ether oxygens (including phenoxy) is 1. The van der Waals surface area contributed by atoms with Crippen LogP contribution in [0.1, 0.15) is 11.1 Å². The van der Waals surface area contributed by atoms with Gasteiger partial charge in [-0.05, 0) is 35.9 Å². The molecule has 1 heterocycles. The fraction of sp³-hybridized carbons (Fsp3) is 0.350. The van der Waals surface area contributed by atoms with Crippen molar-refractivity contribution in [2.75, 3.05) is 33.3 Å². The van der Waals surface area contributed by atoms with Crippen LogP contribution >= 0.6 is 11.6 Å². The molecule has 1 fully saturated rings. The molecular formula is C20H23ClFN3O2. The maximum Gasteiger partial charge on any atom is 0.317 e. The van der Waals surface area contributed by atoms with E-state index in [1.807, 2.05) is 18.2 Å². The second-order valence-corrected chi connectivity index (χ2v) is 6.94. The molecule has 5 nitrogen and oxygen atoms in total. The number of carbonyl (C=O) groups is 1. The highest BCUT2D eigenvalue weighted by atomic mass is 35.5. The van der Waals surface area contributed by atoms with E-state index in [1.165, 1.54) is 12.1 Å². The fourth-order valence-electron chi connectivity index (χ4n) is 3.16. The van der Waals surface area contributed by atoms with E-state index in [0.717, 1.165) is 24.2 Å². The Morgan fingerprint density at radius 1 is 1.19 bits per heavy atom. The van der Waals surface area contributed by atoms with Crippen LogP contribution in [0.2, 0.25) is 5.02 Å². The highest BCUT2D eigenvalue weighted by Gasteiger charge is 2.21. The van der Waals surface area contributed by atoms with Gasteiger partial charge >= 0.3 is 6.03 Å². The van der Waals surface area contributed by atoms with E-state index in [0.29, 0.717) is 37.0 Å². The van der Waals surface area contributed by atoms with Gasteiger partial charge in [0.25, 0.3) is 0 Å². The van der Waals surface area contributed by atoms with Gasteiger partial charge < -0.3 is 15.0 Å². The van der Waals surface area contributed by atoms with Gasteiger partial charge in [0.05, 0.1) is 7.11 Å². The minimum atomic E-state index is -0.273. The van der Waals surface area contributed by atoms with Gasteiger partial charge in [0.2, 0.25) is 0 Å². The van der Waals surface area contributed by atoms with Crippen molar-refractivity contribution in [3.8, 4) is 5.75 Å². The summed E-state index contributed by atoms with van der Waals surface area (Å²) < 4.78 is 18.8. The molecule has 0 bridgehead atoms. The number of rotatable bonds is 5. The molecule has 0 radical (unpaired) electrons. The molecule has 144 valence electrons. The van der Waals surface area contributed by atoms with Crippen molar-refractivity contribution in [2.45, 2.75) is 13.1 Å². The molecule has 2 aromatic carbocycles. The summed E-state index contributed by atoms with van der Waals surface area (Å²) in [6.45, 7) is 3.74. The van der Waals surface area contributed by atoms with Gasteiger partial charge in [0.15, 0.2) is 0 Å². The average molecular weight is 392 g/mol. The van der Waals surface area contributed by atoms with Crippen molar-refractivity contribution < 1.29 is 13.9 Å². The summed E-state index contributed by atoms with van der Waals surface area (Å²) in [7, 11) is 1.58. The molecule has 0 spiro atoms. The number of hydrogen-bond acceptors (Lipinski definition) is 3. The molecular weight excluding hydrogens is 369 g/mol. The number of hydrogen-bond donors (Lipinski definition) is 1. The number of benzene rings is 2. The van der Waals surface area contributed by atoms with Crippen molar-refractivity contribution >= 4 is 17.6 Å². The molecule has 0 atom stereocenters. The fourth-order valence-corrected chi connectivity index (χ4v) is 3.37. The van der Waals surface area contributed by atoms with Crippen LogP contribution in [0.3, 0.4) is 0 Å². The highest BCUT2D eigenvalue weighted by Crippen LogP contribution is 2.21. The quantitative estimate of drug-likeness (QED) is 0.848. The van der Waals surface area contributed by atoms with Crippen LogP contribution in [0.25, 0.3) is 0 Å². The molecule has 3 rings (SSSR count). The lowest BCUT2D eigenvalue weighted by molar-refractivity contribution is 0.134. The lowest BCUT2D eigenvalue weighted by Gasteiger charge is -2.35. The van der Waals surface area contributed by atoms with Gasteiger partial charge in [0.1, 0.15) is 11.6 Å². The van der Waals surface area contributed by atoms with E-state index in [-0.39, 0.29) is 11.8 Å². The molecule has 1 aliphatic rings. The SMILES string of the molecule is COc1ccc(F)cc1CN1CCN(C(=O)NCc2cccc(Cl)c2)CC1. The molecule has 0 unspecified atom stereocenters. The standard InChI is InChI=1S/C20H23ClFN3O2/c1-27-19-6-5-18(22)12-16(19)14-24-7-9-25(10-8-24)20(26)23-13-15-3-2-4-17(21)11-15/h2-6,11-12H,7-10,13-14H2,1H3,(H,23,26). The van der Waals surface area contributed by atoms with Crippen LogP contribution in [0, 0.1) is 5.82 Å². The second kappa shape index (κ2) is 9.06. The van der Waals surface area contributed by atoms with Gasteiger partial charge in [0, 0.05) is 49.9 Å². The number of nitrogens with zero attached hydrogens (tertiary/aromatic N) is 2. The molecule has 7 heteroatoms. The molecule has 1 aliphatic heterocycles. The zero-order valence-corrected chi connectivity index (χ0v) is 16.0. The predicted molar refractivity (Wildman–Crippen MR) is 103 cm³/mol. The van der Waals surface area contributed by atoms with Crippen LogP contribution in [-0.2, 0) is 13.1 Å². The summed E-state index contributed by atoms with van der Waals surface area (Å²) in [5.74, 6) is 0.405. The first-order valence-corrected chi connectivity index (χ1v) is 9.25. The normalized spacial score (nSPS) is 14.9. The Kier molecular flexibility index (Phi) is 6.53. The Balaban J connectivity index is 1.48. The summed E-state index contributed by atoms with van der Waals surface area (Å²) in [5.41, 5.74) is 1.78. The first-order valence-electron chi connectivity index (χ1n) is 8.87. The number of nitrogens with one attached hydrogen (secondary N) is 1. The van der Waals surface area contributed by atoms with Crippen molar-refractivity contribution in [1.82, 2.24) is 15.1 Å². The number of halogens is 2. The predicted octanol–water partition coefficient (Wildman–Crippen LogP) is 3.52. The van der Waals surface area contributed by atoms with Crippen molar-refractivity contribution in [2.24, 2.45) is 0 Å². The van der Waals surface area contributed by atoms with Crippen LogP contribution in [0.4, 0.5) is 9.18 Å². The third-order valence-electron chi connectivity index (χ3n) is 4.63. The summed E-state index contributed by atoms with van der Waals surface area (Å²) in [5, 5.41) is 3.58. The monoisotopic (exact) mass is 391 g/mol. The Morgan fingerprint density at radius 3 is 2.67 bits per heavy atom. The van der Waals surface area contributed by atoms with E-state index in [4.69, 9.17) is 16.3 Å². The summed E-state index contributed by atoms with van der Waals surface area (Å²) >= 11 is 5.96. The molecule has 0 aliphatic carbocycles. The van der Waals surface area contributed by atoms with Crippen molar-refractivity contribution in [3.05, 3.63) is 64.4 Å². The molecule has 2 aromatic rings. The lowest BCUT2D eigenvalue weighted by atomic mass is 10.1. The van der Waals surface area contributed by atoms with E-state index < -0.39 is 0 Å². The minimum Gasteiger partial charge on any atom is -0.496 e. The topological polar surface area (TPSA) is 44.8 Å². The second-order valence-electron chi connectivity index (χ2n) is 6.51. The molecule has 27 heavy (non-hydrogen) atoms. The smallest absolute Gasteiger partial charge is 0.317 e. The number of methoxy groups -OCH3 is 1. The van der Waals surface area contributed by atoms with E-state index >= 15 is 0 Å². The van der Waals surface area contributed by atoms with Crippen LogP contribution in [0.5, 0.6) is 5.75 Å². The third-order valence-corrected chi connectivity index (χ3v) is 4.86. The molecule has 0 saturated carbocycles. The van der Waals surface area contributed by atoms with Crippen molar-refractivity contribution in [3.63, 3.8) is 0 Å². The Hall–Kier alpha value is -2.31. The van der Waals surface area contributed by atoms with Gasteiger partial charge in [-0.1, -0.05) is 23.7 Å². The summed E-state index contributed by atoms with van der Waals surface area (Å²) in [6, 6.07) is 11.9. The van der Waals surface area contributed by atoms with Gasteiger partial charge in [-0.25, -0.2) is 9.18 Å². The molecule has 2 amide bonds. The van der Waals surface area contributed by atoms with E-state index in [1.54, 1.807) is 24.1 Å². The number of urea groups is 1. The van der Waals surface area contributed by atoms with Gasteiger partial charge in [-0.2, -0.15) is 0 Å². The zero-order chi connectivity index (χ0) is 19.2. The molecule has 0 aromatic heterocycles. The van der Waals surface area contributed by atoms with Gasteiger partial charge in [-0.3, -0.25) is 4.90 Å². The van der Waals surface area contributed by atoms with Crippen LogP contribution in [-0.4, -0.2) is 49.1 Å². The molecule has 1 N–H and O–H groups in total. The Labute approximate surface area is 163 Å². The minimum absolute atomic E-state index is 0.0852. The van der Waals surface area contributed by atoms with Crippen LogP contribution < -0.4 is 10.1 Å². The maximum absolute atomic E-state index is 13.5. The lowest BCUT2D eigenvalue weighted by Crippen LogP contribution is -2.51. The average Bonchev–Trinajstić information content (AvgIpc) is 2.67. The summed E-state index contributed by atoms with van der Waals surface area (Å²) in [4.78, 5) is 16.3. The first-order chi connectivity index (χ1) is 13.0.